The van der Waals surface area contributed by atoms with E-state index in [1.807, 2.05) is 0 Å². The smallest absolute Gasteiger partial charge is 0.00313 e. The molecule has 2 heteroatoms. The summed E-state index contributed by atoms with van der Waals surface area (Å²) in [5.41, 5.74) is 0. The highest BCUT2D eigenvalue weighted by Crippen LogP contribution is 2.12. The van der Waals surface area contributed by atoms with E-state index >= 15 is 0 Å². The zero-order valence-electron chi connectivity index (χ0n) is 12.4. The molecule has 0 radical (unpaired) electrons. The molecule has 0 heterocycles. The second-order valence-electron chi connectivity index (χ2n) is 5.29. The molecule has 0 spiro atoms. The SMILES string of the molecule is CCCCCCCCCCCCCCCCBr.F. The Kier molecular flexibility index (Phi) is 22.7. The number of unbranched alkanes of at least 4 members (excludes halogenated alkanes) is 13. The Labute approximate surface area is 123 Å². The summed E-state index contributed by atoms with van der Waals surface area (Å²) in [7, 11) is 0. The highest BCUT2D eigenvalue weighted by Gasteiger charge is 1.93. The second-order valence-corrected chi connectivity index (χ2v) is 6.08. The van der Waals surface area contributed by atoms with E-state index in [1.54, 1.807) is 0 Å². The average molecular weight is 325 g/mol. The molecule has 0 amide bonds. The van der Waals surface area contributed by atoms with E-state index in [4.69, 9.17) is 0 Å². The van der Waals surface area contributed by atoms with Crippen LogP contribution in [-0.4, -0.2) is 5.33 Å². The molecule has 18 heavy (non-hydrogen) atoms. The molecule has 0 aliphatic rings. The summed E-state index contributed by atoms with van der Waals surface area (Å²) in [6.45, 7) is 2.29. The van der Waals surface area contributed by atoms with Gasteiger partial charge in [0, 0.05) is 5.33 Å². The van der Waals surface area contributed by atoms with Crippen molar-refractivity contribution in [3.8, 4) is 0 Å². The van der Waals surface area contributed by atoms with E-state index in [0.717, 1.165) is 0 Å². The molecule has 0 N–H and O–H groups in total. The van der Waals surface area contributed by atoms with Gasteiger partial charge in [-0.15, -0.1) is 0 Å². The predicted octanol–water partition coefficient (Wildman–Crippen LogP) is 7.02. The summed E-state index contributed by atoms with van der Waals surface area (Å²) >= 11 is 3.48. The highest BCUT2D eigenvalue weighted by atomic mass is 79.9. The van der Waals surface area contributed by atoms with Gasteiger partial charge in [-0.3, -0.25) is 4.70 Å². The van der Waals surface area contributed by atoms with Crippen LogP contribution in [0.2, 0.25) is 0 Å². The lowest BCUT2D eigenvalue weighted by molar-refractivity contribution is 0.538. The summed E-state index contributed by atoms with van der Waals surface area (Å²) in [5, 5.41) is 1.19. The van der Waals surface area contributed by atoms with Crippen molar-refractivity contribution in [2.45, 2.75) is 96.8 Å². The molecule has 0 saturated heterocycles. The lowest BCUT2D eigenvalue weighted by Crippen LogP contribution is -1.83. The van der Waals surface area contributed by atoms with E-state index in [-0.39, 0.29) is 4.70 Å². The third-order valence-electron chi connectivity index (χ3n) is 3.49. The minimum atomic E-state index is 0. The molecule has 0 aromatic carbocycles. The van der Waals surface area contributed by atoms with E-state index in [2.05, 4.69) is 22.9 Å². The van der Waals surface area contributed by atoms with Crippen LogP contribution in [0.4, 0.5) is 4.70 Å². The van der Waals surface area contributed by atoms with Crippen molar-refractivity contribution < 1.29 is 4.70 Å². The maximum atomic E-state index is 3.48. The second kappa shape index (κ2) is 19.7. The first kappa shape index (κ1) is 20.7. The van der Waals surface area contributed by atoms with Gasteiger partial charge in [-0.2, -0.15) is 0 Å². The maximum absolute atomic E-state index is 3.48. The summed E-state index contributed by atoms with van der Waals surface area (Å²) in [4.78, 5) is 0. The molecule has 0 aliphatic heterocycles. The Morgan fingerprint density at radius 3 is 1.06 bits per heavy atom. The first-order valence-electron chi connectivity index (χ1n) is 7.97. The summed E-state index contributed by atoms with van der Waals surface area (Å²) in [6.07, 6.45) is 20.3. The lowest BCUT2D eigenvalue weighted by Gasteiger charge is -2.02. The molecule has 0 fully saturated rings. The van der Waals surface area contributed by atoms with Crippen LogP contribution < -0.4 is 0 Å². The monoisotopic (exact) mass is 324 g/mol. The molecule has 0 atom stereocenters. The van der Waals surface area contributed by atoms with E-state index < -0.39 is 0 Å². The molecule has 0 aromatic rings. The zero-order chi connectivity index (χ0) is 12.6. The minimum absolute atomic E-state index is 0. The van der Waals surface area contributed by atoms with Crippen molar-refractivity contribution in [1.82, 2.24) is 0 Å². The number of alkyl halides is 1. The normalized spacial score (nSPS) is 10.3. The quantitative estimate of drug-likeness (QED) is 0.238. The minimum Gasteiger partial charge on any atom is -0.269 e. The molecular weight excluding hydrogens is 291 g/mol. The van der Waals surface area contributed by atoms with Crippen LogP contribution in [0.5, 0.6) is 0 Å². The summed E-state index contributed by atoms with van der Waals surface area (Å²) in [6, 6.07) is 0. The molecule has 112 valence electrons. The lowest BCUT2D eigenvalue weighted by atomic mass is 10.0. The van der Waals surface area contributed by atoms with Gasteiger partial charge < -0.3 is 0 Å². The van der Waals surface area contributed by atoms with Crippen LogP contribution in [-0.2, 0) is 0 Å². The van der Waals surface area contributed by atoms with Gasteiger partial charge >= 0.3 is 0 Å². The topological polar surface area (TPSA) is 0 Å². The van der Waals surface area contributed by atoms with Crippen molar-refractivity contribution >= 4 is 15.9 Å². The van der Waals surface area contributed by atoms with Gasteiger partial charge in [-0.05, 0) is 6.42 Å². The first-order valence-corrected chi connectivity index (χ1v) is 9.10. The van der Waals surface area contributed by atoms with Crippen LogP contribution in [0.1, 0.15) is 96.8 Å². The summed E-state index contributed by atoms with van der Waals surface area (Å²) in [5.74, 6) is 0. The van der Waals surface area contributed by atoms with Gasteiger partial charge in [-0.1, -0.05) is 106 Å². The fraction of sp³-hybridized carbons (Fsp3) is 1.00. The molecular formula is C16H34BrF. The van der Waals surface area contributed by atoms with Gasteiger partial charge in [0.05, 0.1) is 0 Å². The Hall–Kier alpha value is 0.410. The van der Waals surface area contributed by atoms with E-state index in [9.17, 15) is 0 Å². The Balaban J connectivity index is 0. The van der Waals surface area contributed by atoms with Crippen molar-refractivity contribution in [3.05, 3.63) is 0 Å². The van der Waals surface area contributed by atoms with Gasteiger partial charge in [0.1, 0.15) is 0 Å². The zero-order valence-corrected chi connectivity index (χ0v) is 14.0. The van der Waals surface area contributed by atoms with Crippen LogP contribution in [0.3, 0.4) is 0 Å². The number of halogens is 2. The summed E-state index contributed by atoms with van der Waals surface area (Å²) < 4.78 is 0. The fourth-order valence-corrected chi connectivity index (χ4v) is 2.69. The molecule has 0 aliphatic carbocycles. The first-order chi connectivity index (χ1) is 8.41. The largest absolute Gasteiger partial charge is 0.269 e. The van der Waals surface area contributed by atoms with Crippen molar-refractivity contribution in [2.24, 2.45) is 0 Å². The van der Waals surface area contributed by atoms with Crippen LogP contribution in [0.15, 0.2) is 0 Å². The van der Waals surface area contributed by atoms with E-state index in [0.29, 0.717) is 0 Å². The van der Waals surface area contributed by atoms with Crippen molar-refractivity contribution in [2.75, 3.05) is 5.33 Å². The van der Waals surface area contributed by atoms with Crippen molar-refractivity contribution in [1.29, 1.82) is 0 Å². The Bertz CT molecular complexity index is 114. The van der Waals surface area contributed by atoms with Crippen molar-refractivity contribution in [3.63, 3.8) is 0 Å². The predicted molar refractivity (Wildman–Crippen MR) is 86.6 cm³/mol. The van der Waals surface area contributed by atoms with Crippen LogP contribution in [0, 0.1) is 0 Å². The standard InChI is InChI=1S/C16H33Br.FH/c1-2-3-4-5-6-7-8-9-10-11-12-13-14-15-16-17;/h2-16H2,1H3;1H. The van der Waals surface area contributed by atoms with Gasteiger partial charge in [-0.25, -0.2) is 0 Å². The van der Waals surface area contributed by atoms with Crippen LogP contribution >= 0.6 is 15.9 Å². The van der Waals surface area contributed by atoms with Gasteiger partial charge in [0.15, 0.2) is 0 Å². The molecule has 0 aromatic heterocycles. The van der Waals surface area contributed by atoms with Gasteiger partial charge in [0.2, 0.25) is 0 Å². The third-order valence-corrected chi connectivity index (χ3v) is 4.05. The average Bonchev–Trinajstić information content (AvgIpc) is 2.35. The van der Waals surface area contributed by atoms with E-state index in [1.165, 1.54) is 95.2 Å². The Morgan fingerprint density at radius 2 is 0.778 bits per heavy atom. The highest BCUT2D eigenvalue weighted by molar-refractivity contribution is 9.09. The molecule has 0 rings (SSSR count). The Morgan fingerprint density at radius 1 is 0.500 bits per heavy atom. The molecule has 0 nitrogen and oxygen atoms in total. The number of hydrogen-bond acceptors (Lipinski definition) is 0. The number of rotatable bonds is 14. The molecule has 0 bridgehead atoms. The van der Waals surface area contributed by atoms with Gasteiger partial charge in [0.25, 0.3) is 0 Å². The molecule has 0 saturated carbocycles. The fourth-order valence-electron chi connectivity index (χ4n) is 2.29. The number of hydrogen-bond donors (Lipinski definition) is 0. The van der Waals surface area contributed by atoms with Crippen LogP contribution in [0.25, 0.3) is 0 Å². The molecule has 0 unspecified atom stereocenters. The third kappa shape index (κ3) is 18.8. The maximum Gasteiger partial charge on any atom is 0.00313 e.